The van der Waals surface area contributed by atoms with Crippen molar-refractivity contribution in [3.63, 3.8) is 0 Å². The van der Waals surface area contributed by atoms with Crippen molar-refractivity contribution in [1.82, 2.24) is 19.7 Å². The Morgan fingerprint density at radius 3 is 2.96 bits per heavy atom. The largest absolute Gasteiger partial charge is 0.459 e. The fourth-order valence-corrected chi connectivity index (χ4v) is 2.12. The Morgan fingerprint density at radius 2 is 2.26 bits per heavy atom. The minimum absolute atomic E-state index is 0.180. The lowest BCUT2D eigenvalue weighted by molar-refractivity contribution is 0.0996. The molecular formula is C15H15N5O3. The summed E-state index contributed by atoms with van der Waals surface area (Å²) in [5, 5.41) is 6.97. The minimum Gasteiger partial charge on any atom is -0.459 e. The van der Waals surface area contributed by atoms with Gasteiger partial charge in [0.25, 0.3) is 11.5 Å². The molecule has 0 aromatic carbocycles. The lowest BCUT2D eigenvalue weighted by Gasteiger charge is -2.08. The molecule has 0 saturated carbocycles. The maximum absolute atomic E-state index is 12.1. The quantitative estimate of drug-likeness (QED) is 0.762. The summed E-state index contributed by atoms with van der Waals surface area (Å²) in [4.78, 5) is 30.8. The van der Waals surface area contributed by atoms with Crippen molar-refractivity contribution in [3.8, 4) is 5.95 Å². The van der Waals surface area contributed by atoms with Gasteiger partial charge in [-0.25, -0.2) is 0 Å². The Balaban J connectivity index is 1.99. The van der Waals surface area contributed by atoms with Gasteiger partial charge in [-0.2, -0.15) is 14.8 Å². The molecule has 0 aliphatic carbocycles. The first-order valence-electron chi connectivity index (χ1n) is 7.09. The van der Waals surface area contributed by atoms with Crippen molar-refractivity contribution >= 4 is 11.7 Å². The number of carbonyl (C=O) groups excluding carboxylic acids is 1. The lowest BCUT2D eigenvalue weighted by atomic mass is 10.3. The SMILES string of the molecule is CCc1cc(=O)nc(-n2nc(C)cc2NC(=O)c2ccco2)[nH]1. The maximum Gasteiger partial charge on any atom is 0.292 e. The Labute approximate surface area is 131 Å². The van der Waals surface area contributed by atoms with Crippen LogP contribution in [-0.4, -0.2) is 25.7 Å². The average Bonchev–Trinajstić information content (AvgIpc) is 3.16. The Hall–Kier alpha value is -3.16. The molecule has 0 aliphatic rings. The Kier molecular flexibility index (Phi) is 3.80. The highest BCUT2D eigenvalue weighted by molar-refractivity contribution is 6.01. The third-order valence-electron chi connectivity index (χ3n) is 3.19. The number of nitrogens with zero attached hydrogens (tertiary/aromatic N) is 3. The van der Waals surface area contributed by atoms with Crippen LogP contribution in [0.15, 0.2) is 39.7 Å². The molecule has 0 radical (unpaired) electrons. The number of aryl methyl sites for hydroxylation is 2. The summed E-state index contributed by atoms with van der Waals surface area (Å²) < 4.78 is 6.45. The second-order valence-corrected chi connectivity index (χ2v) is 4.94. The van der Waals surface area contributed by atoms with Gasteiger partial charge in [-0.1, -0.05) is 6.92 Å². The van der Waals surface area contributed by atoms with E-state index in [1.54, 1.807) is 25.1 Å². The van der Waals surface area contributed by atoms with Crippen molar-refractivity contribution in [3.05, 3.63) is 58.0 Å². The zero-order valence-electron chi connectivity index (χ0n) is 12.7. The number of hydrogen-bond acceptors (Lipinski definition) is 5. The standard InChI is InChI=1S/C15H15N5O3/c1-3-10-8-13(21)18-15(16-10)20-12(7-9(2)19-20)17-14(22)11-5-4-6-23-11/h4-8H,3H2,1-2H3,(H,17,22)(H,16,18,21). The van der Waals surface area contributed by atoms with E-state index >= 15 is 0 Å². The summed E-state index contributed by atoms with van der Waals surface area (Å²) in [6, 6.07) is 6.29. The van der Waals surface area contributed by atoms with Crippen LogP contribution in [0.25, 0.3) is 5.95 Å². The second kappa shape index (κ2) is 5.91. The van der Waals surface area contributed by atoms with E-state index in [2.05, 4.69) is 20.4 Å². The molecule has 0 atom stereocenters. The number of aromatic nitrogens is 4. The van der Waals surface area contributed by atoms with Crippen molar-refractivity contribution in [2.75, 3.05) is 5.32 Å². The zero-order valence-corrected chi connectivity index (χ0v) is 12.7. The van der Waals surface area contributed by atoms with Crippen LogP contribution < -0.4 is 10.9 Å². The highest BCUT2D eigenvalue weighted by Gasteiger charge is 2.15. The number of hydrogen-bond donors (Lipinski definition) is 2. The van der Waals surface area contributed by atoms with E-state index in [9.17, 15) is 9.59 Å². The van der Waals surface area contributed by atoms with Crippen molar-refractivity contribution in [2.24, 2.45) is 0 Å². The number of carbonyl (C=O) groups is 1. The van der Waals surface area contributed by atoms with E-state index in [4.69, 9.17) is 4.42 Å². The smallest absolute Gasteiger partial charge is 0.292 e. The summed E-state index contributed by atoms with van der Waals surface area (Å²) in [6.07, 6.45) is 2.07. The third kappa shape index (κ3) is 3.05. The van der Waals surface area contributed by atoms with Gasteiger partial charge in [-0.15, -0.1) is 0 Å². The number of furan rings is 1. The number of rotatable bonds is 4. The van der Waals surface area contributed by atoms with E-state index in [0.29, 0.717) is 17.9 Å². The number of nitrogens with one attached hydrogen (secondary N) is 2. The molecule has 2 N–H and O–H groups in total. The van der Waals surface area contributed by atoms with E-state index in [1.165, 1.54) is 17.0 Å². The van der Waals surface area contributed by atoms with Crippen LogP contribution >= 0.6 is 0 Å². The zero-order chi connectivity index (χ0) is 16.4. The molecule has 0 unspecified atom stereocenters. The van der Waals surface area contributed by atoms with Gasteiger partial charge < -0.3 is 14.7 Å². The van der Waals surface area contributed by atoms with Gasteiger partial charge in [-0.3, -0.25) is 9.59 Å². The predicted octanol–water partition coefficient (Wildman–Crippen LogP) is 1.67. The van der Waals surface area contributed by atoms with E-state index in [1.807, 2.05) is 6.92 Å². The van der Waals surface area contributed by atoms with Gasteiger partial charge in [-0.05, 0) is 25.5 Å². The van der Waals surface area contributed by atoms with Crippen LogP contribution in [0.5, 0.6) is 0 Å². The second-order valence-electron chi connectivity index (χ2n) is 4.94. The minimum atomic E-state index is -0.412. The van der Waals surface area contributed by atoms with Crippen LogP contribution in [0.1, 0.15) is 28.9 Å². The Morgan fingerprint density at radius 1 is 1.43 bits per heavy atom. The maximum atomic E-state index is 12.1. The fourth-order valence-electron chi connectivity index (χ4n) is 2.12. The molecule has 3 aromatic rings. The summed E-state index contributed by atoms with van der Waals surface area (Å²) in [5.74, 6) is 0.404. The van der Waals surface area contributed by atoms with Gasteiger partial charge in [0.05, 0.1) is 12.0 Å². The average molecular weight is 313 g/mol. The molecule has 1 amide bonds. The first-order chi connectivity index (χ1) is 11.1. The molecule has 0 aliphatic heterocycles. The van der Waals surface area contributed by atoms with Crippen molar-refractivity contribution < 1.29 is 9.21 Å². The predicted molar refractivity (Wildman–Crippen MR) is 82.8 cm³/mol. The number of H-pyrrole nitrogens is 1. The van der Waals surface area contributed by atoms with Gasteiger partial charge in [0.1, 0.15) is 5.82 Å². The molecule has 8 heteroatoms. The van der Waals surface area contributed by atoms with Crippen LogP contribution in [-0.2, 0) is 6.42 Å². The molecule has 0 fully saturated rings. The molecular weight excluding hydrogens is 298 g/mol. The van der Waals surface area contributed by atoms with Crippen LogP contribution in [0.2, 0.25) is 0 Å². The third-order valence-corrected chi connectivity index (χ3v) is 3.19. The van der Waals surface area contributed by atoms with Gasteiger partial charge in [0.15, 0.2) is 5.76 Å². The monoisotopic (exact) mass is 313 g/mol. The first kappa shape index (κ1) is 14.8. The van der Waals surface area contributed by atoms with E-state index in [-0.39, 0.29) is 17.3 Å². The van der Waals surface area contributed by atoms with Crippen LogP contribution in [0.3, 0.4) is 0 Å². The summed E-state index contributed by atoms with van der Waals surface area (Å²) >= 11 is 0. The lowest BCUT2D eigenvalue weighted by Crippen LogP contribution is -2.19. The highest BCUT2D eigenvalue weighted by Crippen LogP contribution is 2.15. The molecule has 0 spiro atoms. The summed E-state index contributed by atoms with van der Waals surface area (Å²) in [6.45, 7) is 3.70. The van der Waals surface area contributed by atoms with Gasteiger partial charge in [0, 0.05) is 17.8 Å². The molecule has 8 nitrogen and oxygen atoms in total. The number of aromatic amines is 1. The molecule has 3 aromatic heterocycles. The van der Waals surface area contributed by atoms with E-state index in [0.717, 1.165) is 5.69 Å². The molecule has 23 heavy (non-hydrogen) atoms. The normalized spacial score (nSPS) is 10.7. The molecule has 0 bridgehead atoms. The van der Waals surface area contributed by atoms with Gasteiger partial charge in [0.2, 0.25) is 5.95 Å². The number of amides is 1. The Bertz CT molecular complexity index is 892. The van der Waals surface area contributed by atoms with Crippen molar-refractivity contribution in [2.45, 2.75) is 20.3 Å². The van der Waals surface area contributed by atoms with Crippen LogP contribution in [0.4, 0.5) is 5.82 Å². The molecule has 3 rings (SSSR count). The van der Waals surface area contributed by atoms with Crippen LogP contribution in [0, 0.1) is 6.92 Å². The number of anilines is 1. The van der Waals surface area contributed by atoms with E-state index < -0.39 is 5.91 Å². The summed E-state index contributed by atoms with van der Waals surface area (Å²) in [5.41, 5.74) is 1.04. The summed E-state index contributed by atoms with van der Waals surface area (Å²) in [7, 11) is 0. The molecule has 118 valence electrons. The first-order valence-corrected chi connectivity index (χ1v) is 7.09. The van der Waals surface area contributed by atoms with Crippen molar-refractivity contribution in [1.29, 1.82) is 0 Å². The molecule has 0 saturated heterocycles. The van der Waals surface area contributed by atoms with Gasteiger partial charge >= 0.3 is 0 Å². The highest BCUT2D eigenvalue weighted by atomic mass is 16.3. The molecule has 3 heterocycles. The fraction of sp³-hybridized carbons (Fsp3) is 0.200. The topological polar surface area (TPSA) is 106 Å².